The molecule has 0 aromatic heterocycles. The highest BCUT2D eigenvalue weighted by molar-refractivity contribution is 6.42. The van der Waals surface area contributed by atoms with Gasteiger partial charge in [-0.05, 0) is 50.4 Å². The van der Waals surface area contributed by atoms with Crippen LogP contribution in [0.5, 0.6) is 0 Å². The van der Waals surface area contributed by atoms with Gasteiger partial charge in [-0.15, -0.1) is 0 Å². The van der Waals surface area contributed by atoms with Crippen molar-refractivity contribution in [2.45, 2.75) is 57.2 Å². The van der Waals surface area contributed by atoms with E-state index in [1.807, 2.05) is 12.1 Å². The highest BCUT2D eigenvalue weighted by Gasteiger charge is 2.30. The quantitative estimate of drug-likeness (QED) is 0.571. The maximum absolute atomic E-state index is 9.55. The Hall–Kier alpha value is -1.60. The van der Waals surface area contributed by atoms with E-state index in [1.165, 1.54) is 44.1 Å². The lowest BCUT2D eigenvalue weighted by molar-refractivity contribution is -0.134. The van der Waals surface area contributed by atoms with Crippen LogP contribution in [-0.4, -0.2) is 52.2 Å². The van der Waals surface area contributed by atoms with Gasteiger partial charge in [0.15, 0.2) is 0 Å². The van der Waals surface area contributed by atoms with E-state index < -0.39 is 11.9 Å². The fourth-order valence-corrected chi connectivity index (χ4v) is 4.32. The van der Waals surface area contributed by atoms with Crippen LogP contribution in [-0.2, 0) is 16.1 Å². The molecular formula is C21H28Cl2N2O4. The maximum atomic E-state index is 9.55. The molecule has 0 spiro atoms. The molecule has 1 aromatic carbocycles. The van der Waals surface area contributed by atoms with E-state index in [-0.39, 0.29) is 0 Å². The summed E-state index contributed by atoms with van der Waals surface area (Å²) in [6.07, 6.45) is 9.02. The third kappa shape index (κ3) is 7.97. The monoisotopic (exact) mass is 442 g/mol. The molecule has 0 amide bonds. The minimum Gasteiger partial charge on any atom is -0.478 e. The first kappa shape index (κ1) is 23.7. The second-order valence-electron chi connectivity index (χ2n) is 7.31. The Labute approximate surface area is 181 Å². The molecule has 0 atom stereocenters. The number of aliphatic carboxylic acids is 2. The van der Waals surface area contributed by atoms with Gasteiger partial charge in [0.1, 0.15) is 0 Å². The van der Waals surface area contributed by atoms with E-state index >= 15 is 0 Å². The van der Waals surface area contributed by atoms with Crippen molar-refractivity contribution in [3.63, 3.8) is 0 Å². The molecule has 0 radical (unpaired) electrons. The minimum absolute atomic E-state index is 0.558. The summed E-state index contributed by atoms with van der Waals surface area (Å²) >= 11 is 12.6. The summed E-state index contributed by atoms with van der Waals surface area (Å²) in [5.74, 6) is -2.51. The molecule has 29 heavy (non-hydrogen) atoms. The number of carboxylic acid groups (broad SMARTS) is 2. The van der Waals surface area contributed by atoms with Crippen molar-refractivity contribution in [2.75, 3.05) is 13.1 Å². The number of carbonyl (C=O) groups is 2. The van der Waals surface area contributed by atoms with Crippen LogP contribution in [0.1, 0.15) is 44.1 Å². The highest BCUT2D eigenvalue weighted by Crippen LogP contribution is 2.32. The smallest absolute Gasteiger partial charge is 0.328 e. The van der Waals surface area contributed by atoms with Crippen molar-refractivity contribution in [3.8, 4) is 0 Å². The van der Waals surface area contributed by atoms with Crippen molar-refractivity contribution >= 4 is 35.1 Å². The second-order valence-corrected chi connectivity index (χ2v) is 8.10. The summed E-state index contributed by atoms with van der Waals surface area (Å²) in [5, 5.41) is 20.5. The molecule has 1 aromatic rings. The minimum atomic E-state index is -1.26. The summed E-state index contributed by atoms with van der Waals surface area (Å²) in [6, 6.07) is 7.42. The van der Waals surface area contributed by atoms with Crippen LogP contribution >= 0.6 is 23.2 Å². The molecule has 1 saturated heterocycles. The number of halogens is 2. The van der Waals surface area contributed by atoms with Crippen LogP contribution in [0.25, 0.3) is 0 Å². The predicted molar refractivity (Wildman–Crippen MR) is 115 cm³/mol. The molecule has 1 aliphatic heterocycles. The molecular weight excluding hydrogens is 415 g/mol. The highest BCUT2D eigenvalue weighted by atomic mass is 35.5. The number of hydrogen-bond acceptors (Lipinski definition) is 4. The van der Waals surface area contributed by atoms with Crippen LogP contribution in [0, 0.1) is 0 Å². The van der Waals surface area contributed by atoms with Gasteiger partial charge in [-0.25, -0.2) is 9.59 Å². The molecule has 1 saturated carbocycles. The second kappa shape index (κ2) is 12.2. The first-order valence-electron chi connectivity index (χ1n) is 9.91. The number of nitrogens with one attached hydrogen (secondary N) is 1. The van der Waals surface area contributed by atoms with E-state index in [0.717, 1.165) is 30.7 Å². The third-order valence-corrected chi connectivity index (χ3v) is 6.18. The molecule has 3 rings (SSSR count). The zero-order chi connectivity index (χ0) is 21.2. The van der Waals surface area contributed by atoms with Gasteiger partial charge in [-0.3, -0.25) is 4.90 Å². The first-order chi connectivity index (χ1) is 13.9. The van der Waals surface area contributed by atoms with Crippen molar-refractivity contribution in [3.05, 3.63) is 46.0 Å². The standard InChI is InChI=1S/C17H24Cl2N2.C4H4O4/c18-16-7-3-4-13(17(16)19)12-21(14-5-1-2-6-14)15-8-10-20-11-9-15;5-3(6)1-2-4(7)8/h3-4,7,14-15,20H,1-2,5-6,8-12H2;1-2H,(H,5,6)(H,7,8). The van der Waals surface area contributed by atoms with Gasteiger partial charge in [-0.2, -0.15) is 0 Å². The van der Waals surface area contributed by atoms with Crippen molar-refractivity contribution in [1.29, 1.82) is 0 Å². The number of piperidine rings is 1. The van der Waals surface area contributed by atoms with Crippen LogP contribution in [0.4, 0.5) is 0 Å². The zero-order valence-corrected chi connectivity index (χ0v) is 17.8. The lowest BCUT2D eigenvalue weighted by Crippen LogP contribution is -2.46. The molecule has 8 heteroatoms. The molecule has 6 nitrogen and oxygen atoms in total. The molecule has 2 aliphatic rings. The van der Waals surface area contributed by atoms with E-state index in [4.69, 9.17) is 33.4 Å². The average Bonchev–Trinajstić information content (AvgIpc) is 3.23. The summed E-state index contributed by atoms with van der Waals surface area (Å²) in [7, 11) is 0. The number of carboxylic acids is 2. The Morgan fingerprint density at radius 3 is 2.10 bits per heavy atom. The summed E-state index contributed by atoms with van der Waals surface area (Å²) in [6.45, 7) is 3.21. The average molecular weight is 443 g/mol. The third-order valence-electron chi connectivity index (χ3n) is 5.32. The van der Waals surface area contributed by atoms with Gasteiger partial charge < -0.3 is 15.5 Å². The molecule has 3 N–H and O–H groups in total. The Bertz CT molecular complexity index is 699. The number of rotatable bonds is 6. The van der Waals surface area contributed by atoms with E-state index in [9.17, 15) is 9.59 Å². The largest absolute Gasteiger partial charge is 0.478 e. The molecule has 1 aliphatic carbocycles. The fourth-order valence-electron chi connectivity index (χ4n) is 3.94. The SMILES string of the molecule is Clc1cccc(CN(C2CCCC2)C2CCNCC2)c1Cl.O=C(O)C=CC(=O)O. The van der Waals surface area contributed by atoms with Gasteiger partial charge >= 0.3 is 11.9 Å². The Balaban J connectivity index is 0.000000321. The van der Waals surface area contributed by atoms with Crippen LogP contribution in [0.3, 0.4) is 0 Å². The van der Waals surface area contributed by atoms with E-state index in [1.54, 1.807) is 0 Å². The van der Waals surface area contributed by atoms with Gasteiger partial charge in [0.05, 0.1) is 10.0 Å². The Morgan fingerprint density at radius 2 is 1.55 bits per heavy atom. The van der Waals surface area contributed by atoms with Gasteiger partial charge in [0.25, 0.3) is 0 Å². The van der Waals surface area contributed by atoms with Crippen LogP contribution < -0.4 is 5.32 Å². The normalized spacial score (nSPS) is 18.0. The molecule has 160 valence electrons. The lowest BCUT2D eigenvalue weighted by atomic mass is 10.0. The first-order valence-corrected chi connectivity index (χ1v) is 10.7. The zero-order valence-electron chi connectivity index (χ0n) is 16.3. The van der Waals surface area contributed by atoms with Crippen molar-refractivity contribution in [2.24, 2.45) is 0 Å². The van der Waals surface area contributed by atoms with E-state index in [0.29, 0.717) is 23.2 Å². The Kier molecular flexibility index (Phi) is 9.94. The van der Waals surface area contributed by atoms with Gasteiger partial charge in [0.2, 0.25) is 0 Å². The van der Waals surface area contributed by atoms with Crippen molar-refractivity contribution in [1.82, 2.24) is 10.2 Å². The molecule has 1 heterocycles. The maximum Gasteiger partial charge on any atom is 0.328 e. The van der Waals surface area contributed by atoms with Crippen molar-refractivity contribution < 1.29 is 19.8 Å². The topological polar surface area (TPSA) is 89.9 Å². The summed E-state index contributed by atoms with van der Waals surface area (Å²) in [5.41, 5.74) is 1.18. The number of nitrogens with zero attached hydrogens (tertiary/aromatic N) is 1. The fraction of sp³-hybridized carbons (Fsp3) is 0.524. The lowest BCUT2D eigenvalue weighted by Gasteiger charge is -2.39. The van der Waals surface area contributed by atoms with E-state index in [2.05, 4.69) is 16.3 Å². The van der Waals surface area contributed by atoms with Crippen LogP contribution in [0.15, 0.2) is 30.4 Å². The Morgan fingerprint density at radius 1 is 1.00 bits per heavy atom. The molecule has 0 bridgehead atoms. The number of benzene rings is 1. The summed E-state index contributed by atoms with van der Waals surface area (Å²) < 4.78 is 0. The van der Waals surface area contributed by atoms with Crippen LogP contribution in [0.2, 0.25) is 10.0 Å². The summed E-state index contributed by atoms with van der Waals surface area (Å²) in [4.78, 5) is 21.8. The molecule has 2 fully saturated rings. The predicted octanol–water partition coefficient (Wildman–Crippen LogP) is 4.20. The van der Waals surface area contributed by atoms with Gasteiger partial charge in [0, 0.05) is 30.8 Å². The van der Waals surface area contributed by atoms with Gasteiger partial charge in [-0.1, -0.05) is 48.2 Å². The molecule has 0 unspecified atom stereocenters. The number of hydrogen-bond donors (Lipinski definition) is 3.